The quantitative estimate of drug-likeness (QED) is 0.711. The van der Waals surface area contributed by atoms with Gasteiger partial charge in [-0.2, -0.15) is 0 Å². The van der Waals surface area contributed by atoms with E-state index in [0.29, 0.717) is 17.8 Å². The fourth-order valence-corrected chi connectivity index (χ4v) is 5.07. The number of carbonyl (C=O) groups excluding carboxylic acids is 1. The second-order valence-corrected chi connectivity index (χ2v) is 10.0. The van der Waals surface area contributed by atoms with Crippen molar-refractivity contribution in [3.05, 3.63) is 54.1 Å². The van der Waals surface area contributed by atoms with Crippen molar-refractivity contribution in [2.75, 3.05) is 54.0 Å². The molecule has 0 saturated carbocycles. The lowest BCUT2D eigenvalue weighted by molar-refractivity contribution is -0.117. The van der Waals surface area contributed by atoms with Gasteiger partial charge in [0, 0.05) is 37.6 Å². The summed E-state index contributed by atoms with van der Waals surface area (Å²) in [6, 6.07) is 14.1. The number of likely N-dealkylation sites (N-methyl/N-ethyl adjacent to an activating group) is 1. The van der Waals surface area contributed by atoms with Gasteiger partial charge in [-0.15, -0.1) is 0 Å². The molecule has 7 nitrogen and oxygen atoms in total. The first-order chi connectivity index (χ1) is 14.7. The van der Waals surface area contributed by atoms with Crippen LogP contribution in [0.25, 0.3) is 0 Å². The summed E-state index contributed by atoms with van der Waals surface area (Å²) in [6.45, 7) is 7.70. The maximum absolute atomic E-state index is 13.1. The monoisotopic (exact) mass is 444 g/mol. The molecule has 3 rings (SSSR count). The number of aryl methyl sites for hydroxylation is 1. The van der Waals surface area contributed by atoms with E-state index >= 15 is 0 Å². The van der Waals surface area contributed by atoms with Crippen molar-refractivity contribution < 1.29 is 13.2 Å². The molecule has 31 heavy (non-hydrogen) atoms. The highest BCUT2D eigenvalue weighted by molar-refractivity contribution is 7.92. The van der Waals surface area contributed by atoms with Crippen LogP contribution in [-0.4, -0.2) is 64.7 Å². The molecule has 1 atom stereocenters. The summed E-state index contributed by atoms with van der Waals surface area (Å²) in [5.74, 6) is -0.346. The lowest BCUT2D eigenvalue weighted by Crippen LogP contribution is -2.47. The number of sulfonamides is 1. The second-order valence-electron chi connectivity index (χ2n) is 8.15. The third-order valence-corrected chi connectivity index (χ3v) is 6.77. The van der Waals surface area contributed by atoms with Crippen LogP contribution in [0.15, 0.2) is 48.5 Å². The Morgan fingerprint density at radius 2 is 1.74 bits per heavy atom. The molecule has 0 bridgehead atoms. The molecule has 0 spiro atoms. The van der Waals surface area contributed by atoms with Crippen molar-refractivity contribution in [2.45, 2.75) is 26.3 Å². The number of benzene rings is 2. The average molecular weight is 445 g/mol. The van der Waals surface area contributed by atoms with Crippen LogP contribution in [0.1, 0.15) is 18.9 Å². The van der Waals surface area contributed by atoms with Gasteiger partial charge in [-0.3, -0.25) is 9.10 Å². The van der Waals surface area contributed by atoms with E-state index in [1.807, 2.05) is 44.2 Å². The fraction of sp³-hybridized carbons (Fsp3) is 0.435. The molecule has 1 heterocycles. The number of carbonyl (C=O) groups is 1. The van der Waals surface area contributed by atoms with Crippen molar-refractivity contribution in [2.24, 2.45) is 0 Å². The minimum absolute atomic E-state index is 0.346. The molecule has 1 N–H and O–H groups in total. The molecule has 1 saturated heterocycles. The molecular weight excluding hydrogens is 412 g/mol. The van der Waals surface area contributed by atoms with E-state index in [9.17, 15) is 13.2 Å². The number of nitrogens with one attached hydrogen (secondary N) is 1. The van der Waals surface area contributed by atoms with Crippen LogP contribution in [0.5, 0.6) is 0 Å². The largest absolute Gasteiger partial charge is 0.369 e. The van der Waals surface area contributed by atoms with Crippen molar-refractivity contribution in [3.63, 3.8) is 0 Å². The van der Waals surface area contributed by atoms with Crippen LogP contribution in [0.2, 0.25) is 0 Å². The van der Waals surface area contributed by atoms with Gasteiger partial charge in [-0.25, -0.2) is 8.42 Å². The summed E-state index contributed by atoms with van der Waals surface area (Å²) >= 11 is 0. The molecule has 2 aromatic carbocycles. The zero-order valence-electron chi connectivity index (χ0n) is 18.7. The van der Waals surface area contributed by atoms with E-state index in [4.69, 9.17) is 0 Å². The molecule has 1 aliphatic heterocycles. The molecule has 1 aliphatic rings. The maximum Gasteiger partial charge on any atom is 0.248 e. The second kappa shape index (κ2) is 9.70. The van der Waals surface area contributed by atoms with Gasteiger partial charge in [-0.05, 0) is 62.4 Å². The number of rotatable bonds is 7. The number of hydrogen-bond donors (Lipinski definition) is 1. The molecule has 168 valence electrons. The summed E-state index contributed by atoms with van der Waals surface area (Å²) in [7, 11) is -1.53. The van der Waals surface area contributed by atoms with Gasteiger partial charge in [0.2, 0.25) is 15.9 Å². The first-order valence-electron chi connectivity index (χ1n) is 10.6. The highest BCUT2D eigenvalue weighted by Gasteiger charge is 2.31. The van der Waals surface area contributed by atoms with Crippen molar-refractivity contribution in [1.29, 1.82) is 0 Å². The minimum Gasteiger partial charge on any atom is -0.369 e. The van der Waals surface area contributed by atoms with E-state index in [1.54, 1.807) is 18.2 Å². The summed E-state index contributed by atoms with van der Waals surface area (Å²) in [5, 5.41) is 2.90. The van der Waals surface area contributed by atoms with Gasteiger partial charge < -0.3 is 15.1 Å². The Bertz CT molecular complexity index is 1000. The van der Waals surface area contributed by atoms with Crippen LogP contribution in [0.4, 0.5) is 17.1 Å². The molecule has 1 fully saturated rings. The van der Waals surface area contributed by atoms with Crippen molar-refractivity contribution in [3.8, 4) is 0 Å². The predicted molar refractivity (Wildman–Crippen MR) is 127 cm³/mol. The molecule has 0 aromatic heterocycles. The Balaban J connectivity index is 1.76. The third-order valence-electron chi connectivity index (χ3n) is 5.59. The molecule has 1 amide bonds. The number of hydrogen-bond acceptors (Lipinski definition) is 5. The lowest BCUT2D eigenvalue weighted by Gasteiger charge is -2.34. The normalized spacial score (nSPS) is 16.1. The predicted octanol–water partition coefficient (Wildman–Crippen LogP) is 2.93. The maximum atomic E-state index is 13.1. The summed E-state index contributed by atoms with van der Waals surface area (Å²) in [5.41, 5.74) is 3.20. The van der Waals surface area contributed by atoms with E-state index in [1.165, 1.54) is 4.31 Å². The van der Waals surface area contributed by atoms with Gasteiger partial charge in [0.25, 0.3) is 0 Å². The smallest absolute Gasteiger partial charge is 0.248 e. The first kappa shape index (κ1) is 23.1. The number of nitrogens with zero attached hydrogens (tertiary/aromatic N) is 3. The van der Waals surface area contributed by atoms with Crippen LogP contribution < -0.4 is 14.5 Å². The molecule has 0 unspecified atom stereocenters. The average Bonchev–Trinajstić information content (AvgIpc) is 2.72. The fourth-order valence-electron chi connectivity index (χ4n) is 3.87. The zero-order valence-corrected chi connectivity index (χ0v) is 19.5. The number of anilines is 3. The Labute approximate surface area is 185 Å². The van der Waals surface area contributed by atoms with Crippen LogP contribution in [-0.2, 0) is 14.8 Å². The van der Waals surface area contributed by atoms with Gasteiger partial charge in [0.1, 0.15) is 6.04 Å². The van der Waals surface area contributed by atoms with E-state index in [-0.39, 0.29) is 5.91 Å². The van der Waals surface area contributed by atoms with Crippen LogP contribution in [0.3, 0.4) is 0 Å². The van der Waals surface area contributed by atoms with E-state index < -0.39 is 16.1 Å². The van der Waals surface area contributed by atoms with Crippen molar-refractivity contribution in [1.82, 2.24) is 4.90 Å². The Morgan fingerprint density at radius 1 is 1.10 bits per heavy atom. The summed E-state index contributed by atoms with van der Waals surface area (Å²) in [4.78, 5) is 17.7. The molecule has 2 aromatic rings. The topological polar surface area (TPSA) is 73.0 Å². The highest BCUT2D eigenvalue weighted by atomic mass is 32.2. The van der Waals surface area contributed by atoms with Gasteiger partial charge in [0.05, 0.1) is 11.9 Å². The minimum atomic E-state index is -3.65. The van der Waals surface area contributed by atoms with Gasteiger partial charge >= 0.3 is 0 Å². The zero-order chi connectivity index (χ0) is 22.6. The van der Waals surface area contributed by atoms with E-state index in [2.05, 4.69) is 22.2 Å². The SMILES string of the molecule is CC[C@@H](C(=O)Nc1ccc(N2CCN(C)CC2)cc1)N(c1cccc(C)c1)S(C)(=O)=O. The Kier molecular flexibility index (Phi) is 7.23. The molecule has 0 radical (unpaired) electrons. The third kappa shape index (κ3) is 5.77. The van der Waals surface area contributed by atoms with Crippen molar-refractivity contribution >= 4 is 33.0 Å². The summed E-state index contributed by atoms with van der Waals surface area (Å²) < 4.78 is 26.4. The van der Waals surface area contributed by atoms with Gasteiger partial charge in [-0.1, -0.05) is 19.1 Å². The Morgan fingerprint density at radius 3 is 2.29 bits per heavy atom. The van der Waals surface area contributed by atoms with Crippen LogP contribution in [0, 0.1) is 6.92 Å². The van der Waals surface area contributed by atoms with Gasteiger partial charge in [0.15, 0.2) is 0 Å². The lowest BCUT2D eigenvalue weighted by atomic mass is 10.1. The van der Waals surface area contributed by atoms with Crippen LogP contribution >= 0.6 is 0 Å². The molecule has 0 aliphatic carbocycles. The molecule has 8 heteroatoms. The standard InChI is InChI=1S/C23H32N4O3S/c1-5-22(27(31(4,29)30)21-8-6-7-18(2)17-21)23(28)24-19-9-11-20(12-10-19)26-15-13-25(3)14-16-26/h6-12,17,22H,5,13-16H2,1-4H3,(H,24,28)/t22-/m0/s1. The van der Waals surface area contributed by atoms with E-state index in [0.717, 1.165) is 43.7 Å². The highest BCUT2D eigenvalue weighted by Crippen LogP contribution is 2.25. The molecular formula is C23H32N4O3S. The Hall–Kier alpha value is -2.58. The number of amides is 1. The summed E-state index contributed by atoms with van der Waals surface area (Å²) in [6.07, 6.45) is 1.49. The number of piperazine rings is 1. The first-order valence-corrected chi connectivity index (χ1v) is 12.4.